The zero-order valence-corrected chi connectivity index (χ0v) is 13.0. The lowest BCUT2D eigenvalue weighted by atomic mass is 9.86. The molecule has 3 unspecified atom stereocenters. The SMILES string of the molecule is COc1ccc2c(c1)CCCC2N1CC2CCCNC2C1. The van der Waals surface area contributed by atoms with Gasteiger partial charge in [-0.1, -0.05) is 6.07 Å². The molecular formula is C18H26N2O. The Kier molecular flexibility index (Phi) is 3.64. The predicted octanol–water partition coefficient (Wildman–Crippen LogP) is 2.76. The van der Waals surface area contributed by atoms with E-state index in [0.29, 0.717) is 6.04 Å². The molecule has 114 valence electrons. The molecule has 1 aliphatic carbocycles. The predicted molar refractivity (Wildman–Crippen MR) is 84.8 cm³/mol. The van der Waals surface area contributed by atoms with Gasteiger partial charge < -0.3 is 10.1 Å². The summed E-state index contributed by atoms with van der Waals surface area (Å²) in [4.78, 5) is 2.75. The van der Waals surface area contributed by atoms with Crippen LogP contribution < -0.4 is 10.1 Å². The number of hydrogen-bond donors (Lipinski definition) is 1. The number of fused-ring (bicyclic) bond motifs is 2. The van der Waals surface area contributed by atoms with Crippen LogP contribution in [-0.2, 0) is 6.42 Å². The van der Waals surface area contributed by atoms with Crippen LogP contribution in [0.4, 0.5) is 0 Å². The largest absolute Gasteiger partial charge is 0.497 e. The van der Waals surface area contributed by atoms with Crippen molar-refractivity contribution in [3.05, 3.63) is 29.3 Å². The maximum Gasteiger partial charge on any atom is 0.119 e. The molecule has 3 aliphatic rings. The number of aryl methyl sites for hydroxylation is 1. The van der Waals surface area contributed by atoms with E-state index in [1.165, 1.54) is 57.3 Å². The highest BCUT2D eigenvalue weighted by molar-refractivity contribution is 5.39. The molecule has 3 nitrogen and oxygen atoms in total. The number of hydrogen-bond acceptors (Lipinski definition) is 3. The fraction of sp³-hybridized carbons (Fsp3) is 0.667. The second kappa shape index (κ2) is 5.62. The van der Waals surface area contributed by atoms with Gasteiger partial charge in [-0.25, -0.2) is 0 Å². The van der Waals surface area contributed by atoms with E-state index in [2.05, 4.69) is 28.4 Å². The van der Waals surface area contributed by atoms with Crippen LogP contribution in [0, 0.1) is 5.92 Å². The number of likely N-dealkylation sites (tertiary alicyclic amines) is 1. The number of piperidine rings is 1. The van der Waals surface area contributed by atoms with Gasteiger partial charge in [-0.2, -0.15) is 0 Å². The highest BCUT2D eigenvalue weighted by Gasteiger charge is 2.38. The average molecular weight is 286 g/mol. The second-order valence-electron chi connectivity index (χ2n) is 6.89. The summed E-state index contributed by atoms with van der Waals surface area (Å²) in [6.07, 6.45) is 6.61. The maximum atomic E-state index is 5.39. The van der Waals surface area contributed by atoms with Gasteiger partial charge in [0.25, 0.3) is 0 Å². The molecule has 0 bridgehead atoms. The molecule has 0 spiro atoms. The van der Waals surface area contributed by atoms with Gasteiger partial charge >= 0.3 is 0 Å². The topological polar surface area (TPSA) is 24.5 Å². The molecule has 2 aliphatic heterocycles. The molecule has 0 radical (unpaired) electrons. The van der Waals surface area contributed by atoms with E-state index in [-0.39, 0.29) is 0 Å². The first-order valence-corrected chi connectivity index (χ1v) is 8.49. The Labute approximate surface area is 127 Å². The van der Waals surface area contributed by atoms with Crippen LogP contribution in [0.15, 0.2) is 18.2 Å². The van der Waals surface area contributed by atoms with Crippen LogP contribution in [0.1, 0.15) is 42.9 Å². The molecule has 0 amide bonds. The van der Waals surface area contributed by atoms with Gasteiger partial charge in [-0.3, -0.25) is 4.90 Å². The molecule has 1 aromatic carbocycles. The lowest BCUT2D eigenvalue weighted by molar-refractivity contribution is 0.212. The quantitative estimate of drug-likeness (QED) is 0.905. The van der Waals surface area contributed by atoms with E-state index in [4.69, 9.17) is 4.74 Å². The van der Waals surface area contributed by atoms with Crippen LogP contribution >= 0.6 is 0 Å². The average Bonchev–Trinajstić information content (AvgIpc) is 2.97. The molecule has 21 heavy (non-hydrogen) atoms. The van der Waals surface area contributed by atoms with Crippen LogP contribution in [0.5, 0.6) is 5.75 Å². The first-order chi connectivity index (χ1) is 10.3. The van der Waals surface area contributed by atoms with Gasteiger partial charge in [0.05, 0.1) is 7.11 Å². The van der Waals surface area contributed by atoms with E-state index in [1.54, 1.807) is 12.7 Å². The molecule has 0 aromatic heterocycles. The lowest BCUT2D eigenvalue weighted by Crippen LogP contribution is -2.41. The Bertz CT molecular complexity index is 502. The summed E-state index contributed by atoms with van der Waals surface area (Å²) in [6.45, 7) is 3.74. The van der Waals surface area contributed by atoms with Crippen molar-refractivity contribution in [2.75, 3.05) is 26.7 Å². The van der Waals surface area contributed by atoms with Crippen molar-refractivity contribution in [1.29, 1.82) is 0 Å². The van der Waals surface area contributed by atoms with Gasteiger partial charge in [0.15, 0.2) is 0 Å². The summed E-state index contributed by atoms with van der Waals surface area (Å²) < 4.78 is 5.39. The molecular weight excluding hydrogens is 260 g/mol. The van der Waals surface area contributed by atoms with Crippen LogP contribution in [-0.4, -0.2) is 37.7 Å². The molecule has 3 heteroatoms. The van der Waals surface area contributed by atoms with Gasteiger partial charge in [-0.15, -0.1) is 0 Å². The minimum absolute atomic E-state index is 0.632. The summed E-state index contributed by atoms with van der Waals surface area (Å²) in [5.74, 6) is 1.88. The van der Waals surface area contributed by atoms with E-state index in [1.807, 2.05) is 0 Å². The molecule has 3 atom stereocenters. The third kappa shape index (κ3) is 2.47. The van der Waals surface area contributed by atoms with Crippen molar-refractivity contribution in [2.45, 2.75) is 44.2 Å². The minimum atomic E-state index is 0.632. The van der Waals surface area contributed by atoms with Crippen molar-refractivity contribution in [2.24, 2.45) is 5.92 Å². The normalized spacial score (nSPS) is 32.5. The summed E-state index contributed by atoms with van der Waals surface area (Å²) in [5, 5.41) is 3.73. The van der Waals surface area contributed by atoms with Crippen molar-refractivity contribution in [1.82, 2.24) is 10.2 Å². The summed E-state index contributed by atoms with van der Waals surface area (Å²) >= 11 is 0. The van der Waals surface area contributed by atoms with Gasteiger partial charge in [-0.05, 0) is 67.8 Å². The van der Waals surface area contributed by atoms with Crippen molar-refractivity contribution in [3.63, 3.8) is 0 Å². The fourth-order valence-electron chi connectivity index (χ4n) is 4.61. The molecule has 2 fully saturated rings. The Morgan fingerprint density at radius 1 is 1.19 bits per heavy atom. The van der Waals surface area contributed by atoms with Crippen LogP contribution in [0.2, 0.25) is 0 Å². The third-order valence-corrected chi connectivity index (χ3v) is 5.70. The van der Waals surface area contributed by atoms with Gasteiger partial charge in [0.2, 0.25) is 0 Å². The van der Waals surface area contributed by atoms with Crippen molar-refractivity contribution in [3.8, 4) is 5.75 Å². The molecule has 1 N–H and O–H groups in total. The van der Waals surface area contributed by atoms with E-state index in [0.717, 1.165) is 17.7 Å². The summed E-state index contributed by atoms with van der Waals surface area (Å²) in [7, 11) is 1.76. The summed E-state index contributed by atoms with van der Waals surface area (Å²) in [5.41, 5.74) is 3.06. The van der Waals surface area contributed by atoms with Crippen LogP contribution in [0.25, 0.3) is 0 Å². The zero-order valence-electron chi connectivity index (χ0n) is 13.0. The van der Waals surface area contributed by atoms with Gasteiger partial charge in [0, 0.05) is 25.2 Å². The number of nitrogens with one attached hydrogen (secondary N) is 1. The number of benzene rings is 1. The molecule has 1 aromatic rings. The Hall–Kier alpha value is -1.06. The van der Waals surface area contributed by atoms with Gasteiger partial charge in [0.1, 0.15) is 5.75 Å². The van der Waals surface area contributed by atoms with E-state index < -0.39 is 0 Å². The Morgan fingerprint density at radius 2 is 2.14 bits per heavy atom. The summed E-state index contributed by atoms with van der Waals surface area (Å²) in [6, 6.07) is 8.07. The van der Waals surface area contributed by atoms with Crippen molar-refractivity contribution < 1.29 is 4.74 Å². The monoisotopic (exact) mass is 286 g/mol. The van der Waals surface area contributed by atoms with E-state index in [9.17, 15) is 0 Å². The van der Waals surface area contributed by atoms with E-state index >= 15 is 0 Å². The molecule has 4 rings (SSSR count). The highest BCUT2D eigenvalue weighted by atomic mass is 16.5. The lowest BCUT2D eigenvalue weighted by Gasteiger charge is -2.33. The number of methoxy groups -OCH3 is 1. The molecule has 2 saturated heterocycles. The zero-order chi connectivity index (χ0) is 14.2. The maximum absolute atomic E-state index is 5.39. The minimum Gasteiger partial charge on any atom is -0.497 e. The standard InChI is InChI=1S/C18H26N2O/c1-21-15-7-8-16-13(10-15)4-2-6-18(16)20-11-14-5-3-9-19-17(14)12-20/h7-8,10,14,17-19H,2-6,9,11-12H2,1H3. The number of nitrogens with zero attached hydrogens (tertiary/aromatic N) is 1. The van der Waals surface area contributed by atoms with Crippen LogP contribution in [0.3, 0.4) is 0 Å². The second-order valence-corrected chi connectivity index (χ2v) is 6.89. The fourth-order valence-corrected chi connectivity index (χ4v) is 4.61. The Balaban J connectivity index is 1.57. The first-order valence-electron chi connectivity index (χ1n) is 8.49. The smallest absolute Gasteiger partial charge is 0.119 e. The Morgan fingerprint density at radius 3 is 3.00 bits per heavy atom. The number of rotatable bonds is 2. The molecule has 0 saturated carbocycles. The molecule has 2 heterocycles. The number of ether oxygens (including phenoxy) is 1. The third-order valence-electron chi connectivity index (χ3n) is 5.70. The first kappa shape index (κ1) is 13.6. The highest BCUT2D eigenvalue weighted by Crippen LogP contribution is 2.39. The van der Waals surface area contributed by atoms with Crippen molar-refractivity contribution >= 4 is 0 Å².